The van der Waals surface area contributed by atoms with Gasteiger partial charge < -0.3 is 5.32 Å². The van der Waals surface area contributed by atoms with Gasteiger partial charge in [0.2, 0.25) is 0 Å². The van der Waals surface area contributed by atoms with E-state index < -0.39 is 0 Å². The summed E-state index contributed by atoms with van der Waals surface area (Å²) in [7, 11) is 0. The van der Waals surface area contributed by atoms with Crippen LogP contribution in [-0.2, 0) is 0 Å². The molecule has 1 rings (SSSR count). The zero-order chi connectivity index (χ0) is 12.3. The van der Waals surface area contributed by atoms with Gasteiger partial charge in [0.1, 0.15) is 5.82 Å². The van der Waals surface area contributed by atoms with E-state index in [2.05, 4.69) is 39.9 Å². The summed E-state index contributed by atoms with van der Waals surface area (Å²) in [5.74, 6) is -0.181. The average molecular weight is 223 g/mol. The molecule has 0 saturated heterocycles. The van der Waals surface area contributed by atoms with Crippen molar-refractivity contribution in [2.75, 3.05) is 0 Å². The van der Waals surface area contributed by atoms with E-state index in [0.717, 1.165) is 5.56 Å². The maximum Gasteiger partial charge on any atom is 0.123 e. The van der Waals surface area contributed by atoms with Gasteiger partial charge in [-0.25, -0.2) is 4.39 Å². The standard InChI is InChI=1S/C14H22FN/c1-10(16-11(2)14(3,4)5)12-6-8-13(15)9-7-12/h6-11,16H,1-5H3. The molecule has 0 saturated carbocycles. The van der Waals surface area contributed by atoms with E-state index in [0.29, 0.717) is 6.04 Å². The third-order valence-corrected chi connectivity index (χ3v) is 3.17. The zero-order valence-electron chi connectivity index (χ0n) is 10.8. The maximum atomic E-state index is 12.8. The molecular formula is C14H22FN. The number of hydrogen-bond acceptors (Lipinski definition) is 1. The molecule has 0 spiro atoms. The first-order chi connectivity index (χ1) is 7.30. The Balaban J connectivity index is 2.65. The highest BCUT2D eigenvalue weighted by Gasteiger charge is 2.21. The molecule has 1 aromatic carbocycles. The van der Waals surface area contributed by atoms with Gasteiger partial charge in [-0.1, -0.05) is 32.9 Å². The molecule has 90 valence electrons. The smallest absolute Gasteiger partial charge is 0.123 e. The second kappa shape index (κ2) is 4.96. The molecule has 2 unspecified atom stereocenters. The summed E-state index contributed by atoms with van der Waals surface area (Å²) in [6, 6.07) is 7.34. The molecule has 1 N–H and O–H groups in total. The van der Waals surface area contributed by atoms with E-state index in [1.807, 2.05) is 12.1 Å². The van der Waals surface area contributed by atoms with Gasteiger partial charge in [0.15, 0.2) is 0 Å². The first-order valence-corrected chi connectivity index (χ1v) is 5.82. The molecule has 0 radical (unpaired) electrons. The fraction of sp³-hybridized carbons (Fsp3) is 0.571. The van der Waals surface area contributed by atoms with E-state index in [1.54, 1.807) is 0 Å². The summed E-state index contributed by atoms with van der Waals surface area (Å²) < 4.78 is 12.8. The average Bonchev–Trinajstić information content (AvgIpc) is 2.17. The Hall–Kier alpha value is -0.890. The van der Waals surface area contributed by atoms with Gasteiger partial charge in [0, 0.05) is 12.1 Å². The fourth-order valence-electron chi connectivity index (χ4n) is 1.47. The van der Waals surface area contributed by atoms with Crippen LogP contribution in [0.1, 0.15) is 46.2 Å². The molecule has 1 nitrogen and oxygen atoms in total. The highest BCUT2D eigenvalue weighted by molar-refractivity contribution is 5.19. The second-order valence-corrected chi connectivity index (χ2v) is 5.53. The third-order valence-electron chi connectivity index (χ3n) is 3.17. The minimum absolute atomic E-state index is 0.181. The van der Waals surface area contributed by atoms with Crippen molar-refractivity contribution in [1.29, 1.82) is 0 Å². The van der Waals surface area contributed by atoms with Gasteiger partial charge in [-0.2, -0.15) is 0 Å². The quantitative estimate of drug-likeness (QED) is 0.819. The number of rotatable bonds is 3. The van der Waals surface area contributed by atoms with Gasteiger partial charge in [-0.15, -0.1) is 0 Å². The van der Waals surface area contributed by atoms with Crippen LogP contribution in [0.2, 0.25) is 0 Å². The van der Waals surface area contributed by atoms with Gasteiger partial charge in [-0.05, 0) is 37.0 Å². The Labute approximate surface area is 98.1 Å². The lowest BCUT2D eigenvalue weighted by molar-refractivity contribution is 0.268. The highest BCUT2D eigenvalue weighted by Crippen LogP contribution is 2.22. The summed E-state index contributed by atoms with van der Waals surface area (Å²) in [6.07, 6.45) is 0. The number of nitrogens with one attached hydrogen (secondary N) is 1. The molecule has 1 aromatic rings. The molecule has 2 atom stereocenters. The molecule has 2 heteroatoms. The number of halogens is 1. The molecule has 0 aliphatic rings. The van der Waals surface area contributed by atoms with Crippen LogP contribution in [0.3, 0.4) is 0 Å². The minimum atomic E-state index is -0.181. The van der Waals surface area contributed by atoms with E-state index in [-0.39, 0.29) is 17.3 Å². The molecule has 0 fully saturated rings. The summed E-state index contributed by atoms with van der Waals surface area (Å²) >= 11 is 0. The zero-order valence-corrected chi connectivity index (χ0v) is 10.8. The van der Waals surface area contributed by atoms with Crippen LogP contribution in [0.15, 0.2) is 24.3 Å². The van der Waals surface area contributed by atoms with Crippen LogP contribution >= 0.6 is 0 Å². The third kappa shape index (κ3) is 3.60. The Kier molecular flexibility index (Phi) is 4.09. The van der Waals surface area contributed by atoms with Crippen molar-refractivity contribution < 1.29 is 4.39 Å². The lowest BCUT2D eigenvalue weighted by Crippen LogP contribution is -2.39. The topological polar surface area (TPSA) is 12.0 Å². The Bertz CT molecular complexity index is 324. The first-order valence-electron chi connectivity index (χ1n) is 5.82. The predicted molar refractivity (Wildman–Crippen MR) is 66.9 cm³/mol. The molecule has 0 amide bonds. The lowest BCUT2D eigenvalue weighted by Gasteiger charge is -2.31. The summed E-state index contributed by atoms with van der Waals surface area (Å²) in [6.45, 7) is 10.9. The predicted octanol–water partition coefficient (Wildman–Crippen LogP) is 3.91. The molecule has 0 aliphatic heterocycles. The molecule has 0 bridgehead atoms. The largest absolute Gasteiger partial charge is 0.307 e. The first kappa shape index (κ1) is 13.2. The highest BCUT2D eigenvalue weighted by atomic mass is 19.1. The Morgan fingerprint density at radius 3 is 2.00 bits per heavy atom. The van der Waals surface area contributed by atoms with Crippen LogP contribution < -0.4 is 5.32 Å². The molecule has 0 heterocycles. The van der Waals surface area contributed by atoms with Gasteiger partial charge in [0.25, 0.3) is 0 Å². The van der Waals surface area contributed by atoms with Gasteiger partial charge in [0.05, 0.1) is 0 Å². The van der Waals surface area contributed by atoms with Crippen molar-refractivity contribution in [3.05, 3.63) is 35.6 Å². The summed E-state index contributed by atoms with van der Waals surface area (Å²) in [5.41, 5.74) is 1.35. The SMILES string of the molecule is CC(NC(C)C(C)(C)C)c1ccc(F)cc1. The Morgan fingerprint density at radius 1 is 1.06 bits per heavy atom. The molecule has 16 heavy (non-hydrogen) atoms. The van der Waals surface area contributed by atoms with Crippen molar-refractivity contribution >= 4 is 0 Å². The number of hydrogen-bond donors (Lipinski definition) is 1. The second-order valence-electron chi connectivity index (χ2n) is 5.53. The molecule has 0 aromatic heterocycles. The van der Waals surface area contributed by atoms with Gasteiger partial charge >= 0.3 is 0 Å². The van der Waals surface area contributed by atoms with Crippen molar-refractivity contribution in [3.8, 4) is 0 Å². The lowest BCUT2D eigenvalue weighted by atomic mass is 9.87. The van der Waals surface area contributed by atoms with Crippen molar-refractivity contribution in [3.63, 3.8) is 0 Å². The normalized spacial score (nSPS) is 15.9. The van der Waals surface area contributed by atoms with E-state index in [1.165, 1.54) is 12.1 Å². The van der Waals surface area contributed by atoms with Crippen molar-refractivity contribution in [1.82, 2.24) is 5.32 Å². The monoisotopic (exact) mass is 223 g/mol. The van der Waals surface area contributed by atoms with Crippen LogP contribution in [0.5, 0.6) is 0 Å². The number of benzene rings is 1. The van der Waals surface area contributed by atoms with Crippen LogP contribution in [0, 0.1) is 11.2 Å². The fourth-order valence-corrected chi connectivity index (χ4v) is 1.47. The van der Waals surface area contributed by atoms with Crippen molar-refractivity contribution in [2.24, 2.45) is 5.41 Å². The van der Waals surface area contributed by atoms with E-state index >= 15 is 0 Å². The van der Waals surface area contributed by atoms with E-state index in [9.17, 15) is 4.39 Å². The van der Waals surface area contributed by atoms with Crippen LogP contribution in [0.25, 0.3) is 0 Å². The molecular weight excluding hydrogens is 201 g/mol. The van der Waals surface area contributed by atoms with E-state index in [4.69, 9.17) is 0 Å². The van der Waals surface area contributed by atoms with Crippen LogP contribution in [0.4, 0.5) is 4.39 Å². The van der Waals surface area contributed by atoms with Gasteiger partial charge in [-0.3, -0.25) is 0 Å². The van der Waals surface area contributed by atoms with Crippen LogP contribution in [-0.4, -0.2) is 6.04 Å². The Morgan fingerprint density at radius 2 is 1.56 bits per heavy atom. The van der Waals surface area contributed by atoms with Crippen molar-refractivity contribution in [2.45, 2.75) is 46.7 Å². The summed E-state index contributed by atoms with van der Waals surface area (Å²) in [4.78, 5) is 0. The minimum Gasteiger partial charge on any atom is -0.307 e. The maximum absolute atomic E-state index is 12.8. The summed E-state index contributed by atoms with van der Waals surface area (Å²) in [5, 5.41) is 3.53. The molecule has 0 aliphatic carbocycles.